The molecule has 3 aromatic heterocycles. The number of fused-ring (bicyclic) bond motifs is 4. The summed E-state index contributed by atoms with van der Waals surface area (Å²) < 4.78 is 5.64. The second-order valence-electron chi connectivity index (χ2n) is 30.1. The molecule has 7 aromatic carbocycles. The Kier molecular flexibility index (Phi) is 9.63. The third-order valence-corrected chi connectivity index (χ3v) is 18.8. The van der Waals surface area contributed by atoms with E-state index in [0.29, 0.717) is 0 Å². The molecule has 10 aromatic rings. The van der Waals surface area contributed by atoms with E-state index in [1.165, 1.54) is 149 Å². The van der Waals surface area contributed by atoms with Gasteiger partial charge in [0.1, 0.15) is 0 Å². The van der Waals surface area contributed by atoms with Crippen molar-refractivity contribution in [1.82, 2.24) is 14.1 Å². The zero-order valence-corrected chi connectivity index (χ0v) is 49.1. The van der Waals surface area contributed by atoms with Crippen molar-refractivity contribution in [3.8, 4) is 22.5 Å². The highest BCUT2D eigenvalue weighted by Crippen LogP contribution is 2.46. The van der Waals surface area contributed by atoms with Crippen LogP contribution >= 0.6 is 0 Å². The zero-order valence-electron chi connectivity index (χ0n) is 49.1. The van der Waals surface area contributed by atoms with Crippen LogP contribution in [0, 0.1) is 0 Å². The summed E-state index contributed by atoms with van der Waals surface area (Å²) in [7, 11) is 0. The molecule has 0 spiro atoms. The number of hydrogen-bond donors (Lipinski definition) is 0. The minimum Gasteiger partial charge on any atom is -0.311 e. The Bertz CT molecular complexity index is 3990. The van der Waals surface area contributed by atoms with Gasteiger partial charge in [-0.1, -0.05) is 208 Å². The van der Waals surface area contributed by atoms with Crippen LogP contribution in [0.5, 0.6) is 0 Å². The molecule has 4 aliphatic rings. The smallest absolute Gasteiger partial charge is 0.252 e. The first kappa shape index (κ1) is 48.8. The molecule has 77 heavy (non-hydrogen) atoms. The largest absolute Gasteiger partial charge is 0.311 e. The quantitative estimate of drug-likeness (QED) is 0.162. The van der Waals surface area contributed by atoms with Gasteiger partial charge in [-0.3, -0.25) is 4.98 Å². The van der Waals surface area contributed by atoms with Gasteiger partial charge in [-0.2, -0.15) is 0 Å². The topological polar surface area (TPSA) is 22.8 Å². The van der Waals surface area contributed by atoms with Crippen molar-refractivity contribution < 1.29 is 0 Å². The maximum Gasteiger partial charge on any atom is 0.252 e. The Morgan fingerprint density at radius 1 is 0.312 bits per heavy atom. The lowest BCUT2D eigenvalue weighted by Crippen LogP contribution is -2.70. The van der Waals surface area contributed by atoms with Crippen LogP contribution in [-0.2, 0) is 32.5 Å². The highest BCUT2D eigenvalue weighted by atomic mass is 15.1. The van der Waals surface area contributed by atoms with Gasteiger partial charge in [0.2, 0.25) is 13.4 Å². The van der Waals surface area contributed by atoms with E-state index in [1.807, 2.05) is 12.4 Å². The van der Waals surface area contributed by atoms with Gasteiger partial charge < -0.3 is 9.13 Å². The summed E-state index contributed by atoms with van der Waals surface area (Å²) in [6.45, 7) is 42.8. The predicted octanol–water partition coefficient (Wildman–Crippen LogP) is 11.5. The van der Waals surface area contributed by atoms with E-state index in [1.54, 1.807) is 0 Å². The summed E-state index contributed by atoms with van der Waals surface area (Å²) in [5.74, 6) is 0. The predicted molar refractivity (Wildman–Crippen MR) is 337 cm³/mol. The Labute approximate surface area is 459 Å². The first-order valence-electron chi connectivity index (χ1n) is 28.7. The molecule has 0 aliphatic carbocycles. The van der Waals surface area contributed by atoms with Crippen molar-refractivity contribution in [2.24, 2.45) is 0 Å². The molecule has 0 unspecified atom stereocenters. The summed E-state index contributed by atoms with van der Waals surface area (Å²) in [6.07, 6.45) is 4.08. The van der Waals surface area contributed by atoms with Crippen LogP contribution in [0.2, 0.25) is 0 Å². The van der Waals surface area contributed by atoms with E-state index in [4.69, 9.17) is 4.98 Å². The van der Waals surface area contributed by atoms with Gasteiger partial charge in [0.15, 0.2) is 0 Å². The molecule has 0 radical (unpaired) electrons. The number of nitrogens with zero attached hydrogens (tertiary/aromatic N) is 3. The van der Waals surface area contributed by atoms with Gasteiger partial charge in [-0.25, -0.2) is 0 Å². The van der Waals surface area contributed by atoms with Crippen molar-refractivity contribution in [2.75, 3.05) is 0 Å². The second kappa shape index (κ2) is 15.2. The highest BCUT2D eigenvalue weighted by molar-refractivity contribution is 7.07. The molecule has 0 amide bonds. The summed E-state index contributed by atoms with van der Waals surface area (Å²) in [4.78, 5) is 4.77. The molecule has 0 saturated carbocycles. The lowest BCUT2D eigenvalue weighted by Gasteiger charge is -2.44. The summed E-state index contributed by atoms with van der Waals surface area (Å²) >= 11 is 0. The second-order valence-corrected chi connectivity index (χ2v) is 30.1. The van der Waals surface area contributed by atoms with E-state index in [-0.39, 0.29) is 52.6 Å². The van der Waals surface area contributed by atoms with E-state index in [0.717, 1.165) is 0 Å². The van der Waals surface area contributed by atoms with Crippen LogP contribution in [0.15, 0.2) is 122 Å². The number of aromatic nitrogens is 3. The fourth-order valence-corrected chi connectivity index (χ4v) is 14.5. The Hall–Kier alpha value is -6.52. The van der Waals surface area contributed by atoms with E-state index >= 15 is 0 Å². The molecule has 6 heteroatoms. The van der Waals surface area contributed by atoms with Crippen LogP contribution in [-0.4, -0.2) is 34.3 Å². The average molecular weight is 1000 g/mol. The molecular weight excluding hydrogens is 927 g/mol. The molecule has 7 heterocycles. The van der Waals surface area contributed by atoms with Crippen LogP contribution in [0.3, 0.4) is 0 Å². The Morgan fingerprint density at radius 2 is 0.597 bits per heavy atom. The van der Waals surface area contributed by atoms with Crippen molar-refractivity contribution in [1.29, 1.82) is 0 Å². The third-order valence-electron chi connectivity index (χ3n) is 18.8. The third kappa shape index (κ3) is 6.69. The normalized spacial score (nSPS) is 14.8. The molecule has 4 aliphatic heterocycles. The van der Waals surface area contributed by atoms with Gasteiger partial charge in [0, 0.05) is 67.4 Å². The Balaban J connectivity index is 1.30. The van der Waals surface area contributed by atoms with Gasteiger partial charge in [-0.15, -0.1) is 0 Å². The molecule has 0 N–H and O–H groups in total. The van der Waals surface area contributed by atoms with E-state index < -0.39 is 0 Å². The fraction of sp³-hybridized carbons (Fsp3) is 0.338. The number of benzene rings is 7. The first-order chi connectivity index (χ1) is 36.0. The number of rotatable bonds is 3. The lowest BCUT2D eigenvalue weighted by molar-refractivity contribution is 0.590. The highest BCUT2D eigenvalue weighted by Gasteiger charge is 2.52. The number of pyridine rings is 1. The van der Waals surface area contributed by atoms with Crippen molar-refractivity contribution in [3.63, 3.8) is 0 Å². The minimum atomic E-state index is -0.0994. The van der Waals surface area contributed by atoms with Gasteiger partial charge in [-0.05, 0) is 152 Å². The van der Waals surface area contributed by atoms with E-state index in [9.17, 15) is 0 Å². The zero-order chi connectivity index (χ0) is 54.3. The van der Waals surface area contributed by atoms with E-state index in [2.05, 4.69) is 243 Å². The molecule has 3 nitrogen and oxygen atoms in total. The SMILES string of the molecule is CC(C)(C)c1ccc(B2c3c(-c4ccncc4)c4c5c6c3-n3c7c2cc(C(C)(C)C)cc7c2cc(C(C)(C)C)cc(c23)B6c2cc(C(C)(C)C)cc3c6cc(C(C)(C)C)cc(c6n-5c23)B4c2ccc(C(C)(C)C)cc2)cc1. The summed E-state index contributed by atoms with van der Waals surface area (Å²) in [5.41, 5.74) is 31.4. The standard InChI is InChI=1S/C71H74B3N3/c1-66(2,3)40-19-23-46(24-20-40)72-52-35-42(68(7,8)9)31-48-50-33-44(70(13,14)15)37-54-62(50)76(60(48)52)64-57(72)56(39-27-29-75-30-28-39)58-65-59(64)74(54)55-38-45(71(16,17)18)34-51-49-32-43(69(10,11)12)36-53(61(49)77(65)63(51)55)73(58)47-25-21-41(22-26-47)67(4,5)6/h19-38H,1-18H3. The van der Waals surface area contributed by atoms with Gasteiger partial charge >= 0.3 is 0 Å². The summed E-state index contributed by atoms with van der Waals surface area (Å²) in [5, 5.41) is 5.50. The lowest BCUT2D eigenvalue weighted by atomic mass is 9.26. The molecule has 0 fully saturated rings. The molecule has 0 bridgehead atoms. The maximum absolute atomic E-state index is 4.77. The van der Waals surface area contributed by atoms with Crippen molar-refractivity contribution >= 4 is 113 Å². The van der Waals surface area contributed by atoms with Crippen molar-refractivity contribution in [2.45, 2.75) is 157 Å². The molecule has 382 valence electrons. The maximum atomic E-state index is 4.77. The molecule has 14 rings (SSSR count). The summed E-state index contributed by atoms with van der Waals surface area (Å²) in [6, 6.07) is 45.3. The van der Waals surface area contributed by atoms with Crippen LogP contribution in [0.25, 0.3) is 66.1 Å². The van der Waals surface area contributed by atoms with Crippen LogP contribution in [0.1, 0.15) is 158 Å². The van der Waals surface area contributed by atoms with Gasteiger partial charge in [0.05, 0.1) is 0 Å². The fourth-order valence-electron chi connectivity index (χ4n) is 14.5. The van der Waals surface area contributed by atoms with Crippen LogP contribution < -0.4 is 49.2 Å². The average Bonchev–Trinajstić information content (AvgIpc) is 3.11. The number of hydrogen-bond acceptors (Lipinski definition) is 1. The first-order valence-corrected chi connectivity index (χ1v) is 28.7. The van der Waals surface area contributed by atoms with Crippen molar-refractivity contribution in [3.05, 3.63) is 155 Å². The van der Waals surface area contributed by atoms with Gasteiger partial charge in [0.25, 0.3) is 6.71 Å². The monoisotopic (exact) mass is 1000 g/mol. The minimum absolute atomic E-state index is 0.0112. The molecule has 0 saturated heterocycles. The van der Waals surface area contributed by atoms with Crippen LogP contribution in [0.4, 0.5) is 0 Å². The molecule has 0 atom stereocenters. The molecular formula is C71H74B3N3. The Morgan fingerprint density at radius 3 is 0.883 bits per heavy atom.